The maximum Gasteiger partial charge on any atom is 0.410 e. The number of likely N-dealkylation sites (N-methyl/N-ethyl adjacent to an activating group) is 1. The van der Waals surface area contributed by atoms with Crippen molar-refractivity contribution >= 4 is 17.9 Å². The molecule has 1 aliphatic heterocycles. The van der Waals surface area contributed by atoms with Crippen LogP contribution in [0.2, 0.25) is 0 Å². The summed E-state index contributed by atoms with van der Waals surface area (Å²) in [5.41, 5.74) is -0.363. The molecule has 7 heteroatoms. The Hall–Kier alpha value is -2.83. The average Bonchev–Trinajstić information content (AvgIpc) is 2.75. The normalized spacial score (nSPS) is 16.7. The Balaban J connectivity index is 2.10. The van der Waals surface area contributed by atoms with Crippen molar-refractivity contribution < 1.29 is 19.1 Å². The van der Waals surface area contributed by atoms with Gasteiger partial charge in [-0.15, -0.1) is 0 Å². The third-order valence-electron chi connectivity index (χ3n) is 5.76. The van der Waals surface area contributed by atoms with Gasteiger partial charge in [0.15, 0.2) is 0 Å². The topological polar surface area (TPSA) is 79.0 Å². The maximum absolute atomic E-state index is 13.4. The molecule has 2 rings (SSSR count). The van der Waals surface area contributed by atoms with Gasteiger partial charge in [-0.2, -0.15) is 0 Å². The molecule has 1 N–H and O–H groups in total. The number of benzene rings is 1. The van der Waals surface area contributed by atoms with Crippen LogP contribution in [0.3, 0.4) is 0 Å². The molecule has 1 aliphatic rings. The van der Waals surface area contributed by atoms with E-state index in [4.69, 9.17) is 4.74 Å². The van der Waals surface area contributed by atoms with Gasteiger partial charge >= 0.3 is 6.09 Å². The van der Waals surface area contributed by atoms with E-state index in [9.17, 15) is 14.4 Å². The van der Waals surface area contributed by atoms with E-state index < -0.39 is 17.1 Å². The molecule has 1 unspecified atom stereocenters. The number of hydrogen-bond acceptors (Lipinski definition) is 4. The molecule has 0 aliphatic carbocycles. The summed E-state index contributed by atoms with van der Waals surface area (Å²) in [4.78, 5) is 40.9. The molecule has 0 aromatic heterocycles. The lowest BCUT2D eigenvalue weighted by Gasteiger charge is -2.41. The van der Waals surface area contributed by atoms with Crippen LogP contribution < -0.4 is 5.32 Å². The summed E-state index contributed by atoms with van der Waals surface area (Å²) in [5, 5.41) is 3.04. The second-order valence-electron chi connectivity index (χ2n) is 9.13. The smallest absolute Gasteiger partial charge is 0.410 e. The predicted molar refractivity (Wildman–Crippen MR) is 121 cm³/mol. The van der Waals surface area contributed by atoms with Gasteiger partial charge in [0.2, 0.25) is 11.8 Å². The van der Waals surface area contributed by atoms with Crippen molar-refractivity contribution in [2.75, 3.05) is 26.7 Å². The summed E-state index contributed by atoms with van der Waals surface area (Å²) >= 11 is 0. The quantitative estimate of drug-likeness (QED) is 0.705. The fourth-order valence-electron chi connectivity index (χ4n) is 3.70. The van der Waals surface area contributed by atoms with E-state index in [0.717, 1.165) is 5.56 Å². The van der Waals surface area contributed by atoms with Crippen LogP contribution in [0.25, 0.3) is 0 Å². The zero-order valence-electron chi connectivity index (χ0n) is 19.3. The first-order chi connectivity index (χ1) is 14.5. The van der Waals surface area contributed by atoms with Crippen molar-refractivity contribution in [3.8, 4) is 0 Å². The molecule has 1 aromatic carbocycles. The summed E-state index contributed by atoms with van der Waals surface area (Å²) in [5.74, 6) is -0.205. The second-order valence-corrected chi connectivity index (χ2v) is 9.13. The van der Waals surface area contributed by atoms with E-state index in [1.165, 1.54) is 11.0 Å². The Bertz CT molecular complexity index is 793. The molecule has 0 saturated carbocycles. The number of rotatable bonds is 6. The first kappa shape index (κ1) is 24.4. The number of nitrogens with zero attached hydrogens (tertiary/aromatic N) is 2. The predicted octanol–water partition coefficient (Wildman–Crippen LogP) is 3.10. The summed E-state index contributed by atoms with van der Waals surface area (Å²) in [6.45, 7) is 12.2. The molecule has 7 nitrogen and oxygen atoms in total. The van der Waals surface area contributed by atoms with Gasteiger partial charge in [-0.05, 0) is 52.2 Å². The molecule has 1 fully saturated rings. The number of piperidine rings is 1. The highest BCUT2D eigenvalue weighted by molar-refractivity contribution is 5.90. The van der Waals surface area contributed by atoms with E-state index in [2.05, 4.69) is 11.9 Å². The standard InChI is InChI=1S/C24H35N3O4/c1-7-20(28)27-15-13-24(14-16-27,19-11-9-8-10-12-19)21(29)25-17-18(2)26(6)22(30)31-23(3,4)5/h7-12,18H,1,13-17H2,2-6H3,(H,25,29). The molecule has 1 atom stereocenters. The zero-order chi connectivity index (χ0) is 23.2. The van der Waals surface area contributed by atoms with Gasteiger partial charge in [-0.3, -0.25) is 9.59 Å². The number of nitrogens with one attached hydrogen (secondary N) is 1. The minimum absolute atomic E-state index is 0.0890. The van der Waals surface area contributed by atoms with E-state index in [0.29, 0.717) is 32.5 Å². The maximum atomic E-state index is 13.4. The van der Waals surface area contributed by atoms with Crippen molar-refractivity contribution in [2.24, 2.45) is 0 Å². The Kier molecular flexibility index (Phi) is 7.87. The Morgan fingerprint density at radius 1 is 1.23 bits per heavy atom. The highest BCUT2D eigenvalue weighted by Gasteiger charge is 2.43. The minimum atomic E-state index is -0.719. The molecular formula is C24H35N3O4. The minimum Gasteiger partial charge on any atom is -0.444 e. The molecule has 0 bridgehead atoms. The van der Waals surface area contributed by atoms with Gasteiger partial charge in [-0.1, -0.05) is 36.9 Å². The number of carbonyl (C=O) groups is 3. The molecule has 1 aromatic rings. The second kappa shape index (κ2) is 9.98. The lowest BCUT2D eigenvalue weighted by molar-refractivity contribution is -0.134. The van der Waals surface area contributed by atoms with Gasteiger partial charge in [-0.25, -0.2) is 4.79 Å². The summed E-state index contributed by atoms with van der Waals surface area (Å²) in [6, 6.07) is 9.44. The molecule has 31 heavy (non-hydrogen) atoms. The van der Waals surface area contributed by atoms with Crippen LogP contribution in [0.1, 0.15) is 46.1 Å². The van der Waals surface area contributed by atoms with Crippen LogP contribution in [0, 0.1) is 0 Å². The third-order valence-corrected chi connectivity index (χ3v) is 5.76. The largest absolute Gasteiger partial charge is 0.444 e. The molecule has 0 spiro atoms. The van der Waals surface area contributed by atoms with E-state index in [-0.39, 0.29) is 17.9 Å². The van der Waals surface area contributed by atoms with Crippen LogP contribution in [0.5, 0.6) is 0 Å². The van der Waals surface area contributed by atoms with E-state index in [1.54, 1.807) is 11.9 Å². The van der Waals surface area contributed by atoms with Crippen molar-refractivity contribution in [1.29, 1.82) is 0 Å². The molecule has 170 valence electrons. The van der Waals surface area contributed by atoms with Crippen LogP contribution in [0.15, 0.2) is 43.0 Å². The summed E-state index contributed by atoms with van der Waals surface area (Å²) in [7, 11) is 1.66. The highest BCUT2D eigenvalue weighted by Crippen LogP contribution is 2.36. The van der Waals surface area contributed by atoms with Crippen molar-refractivity contribution in [3.05, 3.63) is 48.6 Å². The Labute approximate surface area is 185 Å². The number of amides is 3. The first-order valence-corrected chi connectivity index (χ1v) is 10.7. The van der Waals surface area contributed by atoms with E-state index in [1.807, 2.05) is 58.0 Å². The number of carbonyl (C=O) groups excluding carboxylic acids is 3. The van der Waals surface area contributed by atoms with Gasteiger partial charge in [0.1, 0.15) is 5.60 Å². The fraction of sp³-hybridized carbons (Fsp3) is 0.542. The monoisotopic (exact) mass is 429 g/mol. The zero-order valence-corrected chi connectivity index (χ0v) is 19.3. The van der Waals surface area contributed by atoms with Gasteiger partial charge in [0.25, 0.3) is 0 Å². The van der Waals surface area contributed by atoms with Gasteiger partial charge in [0.05, 0.1) is 5.41 Å². The van der Waals surface area contributed by atoms with Crippen molar-refractivity contribution in [2.45, 2.75) is 57.6 Å². The Morgan fingerprint density at radius 3 is 2.32 bits per heavy atom. The third kappa shape index (κ3) is 6.09. The molecule has 1 heterocycles. The van der Waals surface area contributed by atoms with Crippen LogP contribution in [-0.4, -0.2) is 66.0 Å². The molecular weight excluding hydrogens is 394 g/mol. The first-order valence-electron chi connectivity index (χ1n) is 10.7. The average molecular weight is 430 g/mol. The SMILES string of the molecule is C=CC(=O)N1CCC(C(=O)NCC(C)N(C)C(=O)OC(C)(C)C)(c2ccccc2)CC1. The van der Waals surface area contributed by atoms with Gasteiger partial charge in [0, 0.05) is 32.7 Å². The Morgan fingerprint density at radius 2 is 1.81 bits per heavy atom. The van der Waals surface area contributed by atoms with E-state index >= 15 is 0 Å². The van der Waals surface area contributed by atoms with Crippen LogP contribution in [0.4, 0.5) is 4.79 Å². The molecule has 0 radical (unpaired) electrons. The lowest BCUT2D eigenvalue weighted by atomic mass is 9.72. The summed E-state index contributed by atoms with van der Waals surface area (Å²) in [6.07, 6.45) is 1.93. The molecule has 1 saturated heterocycles. The molecule has 3 amide bonds. The summed E-state index contributed by atoms with van der Waals surface area (Å²) < 4.78 is 5.41. The number of hydrogen-bond donors (Lipinski definition) is 1. The van der Waals surface area contributed by atoms with Crippen LogP contribution >= 0.6 is 0 Å². The lowest BCUT2D eigenvalue weighted by Crippen LogP contribution is -2.54. The highest BCUT2D eigenvalue weighted by atomic mass is 16.6. The van der Waals surface area contributed by atoms with Crippen molar-refractivity contribution in [1.82, 2.24) is 15.1 Å². The van der Waals surface area contributed by atoms with Crippen LogP contribution in [-0.2, 0) is 19.7 Å². The van der Waals surface area contributed by atoms with Crippen molar-refractivity contribution in [3.63, 3.8) is 0 Å². The number of ether oxygens (including phenoxy) is 1. The van der Waals surface area contributed by atoms with Gasteiger partial charge < -0.3 is 19.9 Å². The number of likely N-dealkylation sites (tertiary alicyclic amines) is 1. The fourth-order valence-corrected chi connectivity index (χ4v) is 3.70.